The molecule has 0 aliphatic rings. The largest absolute Gasteiger partial charge is 0.333 e. The zero-order valence-electron chi connectivity index (χ0n) is 15.3. The topological polar surface area (TPSA) is 49.4 Å². The van der Waals surface area contributed by atoms with Gasteiger partial charge in [-0.1, -0.05) is 37.3 Å². The van der Waals surface area contributed by atoms with E-state index in [1.807, 2.05) is 38.1 Å². The summed E-state index contributed by atoms with van der Waals surface area (Å²) in [5, 5.41) is 2.85. The van der Waals surface area contributed by atoms with Crippen LogP contribution in [0, 0.1) is 12.7 Å². The Hall–Kier alpha value is -2.69. The molecule has 0 saturated carbocycles. The number of para-hydroxylation sites is 1. The highest BCUT2D eigenvalue weighted by Gasteiger charge is 2.17. The molecule has 138 valence electrons. The number of carbonyl (C=O) groups is 2. The third kappa shape index (κ3) is 5.99. The van der Waals surface area contributed by atoms with Gasteiger partial charge >= 0.3 is 0 Å². The van der Waals surface area contributed by atoms with Crippen molar-refractivity contribution in [2.24, 2.45) is 0 Å². The minimum Gasteiger partial charge on any atom is -0.333 e. The van der Waals surface area contributed by atoms with Crippen LogP contribution in [0.1, 0.15) is 30.9 Å². The number of anilines is 1. The Morgan fingerprint density at radius 1 is 1.12 bits per heavy atom. The van der Waals surface area contributed by atoms with Gasteiger partial charge in [0.2, 0.25) is 11.8 Å². The van der Waals surface area contributed by atoms with Crippen molar-refractivity contribution in [3.05, 3.63) is 65.5 Å². The molecule has 0 heterocycles. The maximum Gasteiger partial charge on any atom is 0.244 e. The molecule has 2 aromatic rings. The first-order valence-corrected chi connectivity index (χ1v) is 8.87. The van der Waals surface area contributed by atoms with Crippen LogP contribution in [0.15, 0.2) is 48.5 Å². The van der Waals surface area contributed by atoms with Crippen LogP contribution in [-0.2, 0) is 16.0 Å². The smallest absolute Gasteiger partial charge is 0.244 e. The predicted molar refractivity (Wildman–Crippen MR) is 101 cm³/mol. The first-order chi connectivity index (χ1) is 12.5. The van der Waals surface area contributed by atoms with E-state index in [0.29, 0.717) is 13.0 Å². The number of aryl methyl sites for hydroxylation is 2. The van der Waals surface area contributed by atoms with Crippen LogP contribution < -0.4 is 5.32 Å². The summed E-state index contributed by atoms with van der Waals surface area (Å²) < 4.78 is 13.2. The molecule has 4 nitrogen and oxygen atoms in total. The van der Waals surface area contributed by atoms with E-state index in [1.165, 1.54) is 12.1 Å². The van der Waals surface area contributed by atoms with E-state index in [4.69, 9.17) is 0 Å². The molecule has 0 saturated heterocycles. The van der Waals surface area contributed by atoms with Gasteiger partial charge < -0.3 is 10.2 Å². The Bertz CT molecular complexity index is 761. The van der Waals surface area contributed by atoms with Gasteiger partial charge in [-0.3, -0.25) is 9.59 Å². The Morgan fingerprint density at radius 3 is 2.58 bits per heavy atom. The molecule has 5 heteroatoms. The van der Waals surface area contributed by atoms with Crippen LogP contribution in [0.5, 0.6) is 0 Å². The highest BCUT2D eigenvalue weighted by atomic mass is 19.1. The molecule has 0 spiro atoms. The second-order valence-electron chi connectivity index (χ2n) is 6.31. The number of nitrogens with one attached hydrogen (secondary N) is 1. The quantitative estimate of drug-likeness (QED) is 0.779. The number of rotatable bonds is 8. The molecule has 0 aliphatic heterocycles. The van der Waals surface area contributed by atoms with E-state index in [2.05, 4.69) is 5.32 Å². The lowest BCUT2D eigenvalue weighted by atomic mass is 10.1. The first-order valence-electron chi connectivity index (χ1n) is 8.87. The van der Waals surface area contributed by atoms with Crippen molar-refractivity contribution in [3.8, 4) is 0 Å². The van der Waals surface area contributed by atoms with E-state index in [0.717, 1.165) is 23.2 Å². The molecule has 26 heavy (non-hydrogen) atoms. The minimum atomic E-state index is -0.307. The van der Waals surface area contributed by atoms with Crippen LogP contribution >= 0.6 is 0 Å². The molecule has 0 aromatic heterocycles. The highest BCUT2D eigenvalue weighted by molar-refractivity contribution is 5.95. The lowest BCUT2D eigenvalue weighted by Crippen LogP contribution is -2.38. The van der Waals surface area contributed by atoms with Gasteiger partial charge in [-0.15, -0.1) is 0 Å². The molecule has 2 rings (SSSR count). The third-order valence-electron chi connectivity index (χ3n) is 4.12. The molecule has 0 fully saturated rings. The summed E-state index contributed by atoms with van der Waals surface area (Å²) in [5.74, 6) is -0.624. The fourth-order valence-electron chi connectivity index (χ4n) is 2.74. The molecule has 0 unspecified atom stereocenters. The van der Waals surface area contributed by atoms with Gasteiger partial charge in [-0.2, -0.15) is 0 Å². The van der Waals surface area contributed by atoms with Crippen LogP contribution in [0.3, 0.4) is 0 Å². The number of benzene rings is 2. The SMILES string of the molecule is CCCN(CC(=O)Nc1ccccc1C)C(=O)CCc1cccc(F)c1. The molecule has 2 amide bonds. The fourth-order valence-corrected chi connectivity index (χ4v) is 2.74. The van der Waals surface area contributed by atoms with Gasteiger partial charge in [0.1, 0.15) is 5.82 Å². The van der Waals surface area contributed by atoms with Gasteiger partial charge in [0, 0.05) is 18.7 Å². The van der Waals surface area contributed by atoms with Gasteiger partial charge in [-0.05, 0) is 49.1 Å². The molecular weight excluding hydrogens is 331 g/mol. The summed E-state index contributed by atoms with van der Waals surface area (Å²) >= 11 is 0. The highest BCUT2D eigenvalue weighted by Crippen LogP contribution is 2.13. The molecule has 0 bridgehead atoms. The average Bonchev–Trinajstić information content (AvgIpc) is 2.61. The van der Waals surface area contributed by atoms with E-state index >= 15 is 0 Å². The second kappa shape index (κ2) is 9.70. The summed E-state index contributed by atoms with van der Waals surface area (Å²) in [4.78, 5) is 26.4. The minimum absolute atomic E-state index is 0.0180. The van der Waals surface area contributed by atoms with Crippen molar-refractivity contribution in [2.45, 2.75) is 33.1 Å². The third-order valence-corrected chi connectivity index (χ3v) is 4.12. The van der Waals surface area contributed by atoms with E-state index in [-0.39, 0.29) is 30.6 Å². The monoisotopic (exact) mass is 356 g/mol. The maximum atomic E-state index is 13.2. The number of hydrogen-bond donors (Lipinski definition) is 1. The number of amides is 2. The number of hydrogen-bond acceptors (Lipinski definition) is 2. The van der Waals surface area contributed by atoms with Crippen molar-refractivity contribution in [3.63, 3.8) is 0 Å². The van der Waals surface area contributed by atoms with E-state index < -0.39 is 0 Å². The summed E-state index contributed by atoms with van der Waals surface area (Å²) in [6, 6.07) is 13.8. The second-order valence-corrected chi connectivity index (χ2v) is 6.31. The molecule has 0 radical (unpaired) electrons. The van der Waals surface area contributed by atoms with E-state index in [1.54, 1.807) is 17.0 Å². The number of halogens is 1. The molecule has 0 atom stereocenters. The van der Waals surface area contributed by atoms with Gasteiger partial charge in [0.05, 0.1) is 6.54 Å². The standard InChI is InChI=1S/C21H25FN2O2/c1-3-13-24(15-20(25)23-19-10-5-4-7-16(19)2)21(26)12-11-17-8-6-9-18(22)14-17/h4-10,14H,3,11-13,15H2,1-2H3,(H,23,25). The van der Waals surface area contributed by atoms with Crippen LogP contribution in [0.25, 0.3) is 0 Å². The molecule has 0 aliphatic carbocycles. The molecule has 2 aromatic carbocycles. The Balaban J connectivity index is 1.93. The lowest BCUT2D eigenvalue weighted by Gasteiger charge is -2.22. The predicted octanol–water partition coefficient (Wildman–Crippen LogP) is 3.94. The number of nitrogens with zero attached hydrogens (tertiary/aromatic N) is 1. The summed E-state index contributed by atoms with van der Waals surface area (Å²) in [6.07, 6.45) is 1.47. The normalized spacial score (nSPS) is 10.4. The molecule has 1 N–H and O–H groups in total. The van der Waals surface area contributed by atoms with Crippen LogP contribution in [0.2, 0.25) is 0 Å². The maximum absolute atomic E-state index is 13.2. The summed E-state index contributed by atoms with van der Waals surface area (Å²) in [7, 11) is 0. The first kappa shape index (κ1) is 19.6. The molecular formula is C21H25FN2O2. The van der Waals surface area contributed by atoms with Crippen molar-refractivity contribution in [1.82, 2.24) is 4.90 Å². The van der Waals surface area contributed by atoms with Crippen LogP contribution in [0.4, 0.5) is 10.1 Å². The fraction of sp³-hybridized carbons (Fsp3) is 0.333. The van der Waals surface area contributed by atoms with Crippen molar-refractivity contribution < 1.29 is 14.0 Å². The zero-order chi connectivity index (χ0) is 18.9. The summed E-state index contributed by atoms with van der Waals surface area (Å²) in [6.45, 7) is 4.42. The Kier molecular flexibility index (Phi) is 7.33. The Morgan fingerprint density at radius 2 is 1.88 bits per heavy atom. The van der Waals surface area contributed by atoms with Crippen molar-refractivity contribution >= 4 is 17.5 Å². The number of carbonyl (C=O) groups excluding carboxylic acids is 2. The van der Waals surface area contributed by atoms with Crippen molar-refractivity contribution in [2.75, 3.05) is 18.4 Å². The Labute approximate surface area is 154 Å². The van der Waals surface area contributed by atoms with Crippen molar-refractivity contribution in [1.29, 1.82) is 0 Å². The van der Waals surface area contributed by atoms with Gasteiger partial charge in [0.15, 0.2) is 0 Å². The average molecular weight is 356 g/mol. The summed E-state index contributed by atoms with van der Waals surface area (Å²) in [5.41, 5.74) is 2.50. The zero-order valence-corrected chi connectivity index (χ0v) is 15.3. The lowest BCUT2D eigenvalue weighted by molar-refractivity contribution is -0.134. The van der Waals surface area contributed by atoms with E-state index in [9.17, 15) is 14.0 Å². The van der Waals surface area contributed by atoms with Crippen LogP contribution in [-0.4, -0.2) is 29.8 Å². The van der Waals surface area contributed by atoms with Gasteiger partial charge in [0.25, 0.3) is 0 Å². The van der Waals surface area contributed by atoms with Gasteiger partial charge in [-0.25, -0.2) is 4.39 Å².